The minimum Gasteiger partial charge on any atom is -0.496 e. The predicted molar refractivity (Wildman–Crippen MR) is 88.7 cm³/mol. The average molecular weight is 343 g/mol. The van der Waals surface area contributed by atoms with E-state index in [1.54, 1.807) is 7.11 Å². The van der Waals surface area contributed by atoms with Crippen LogP contribution in [0.25, 0.3) is 10.8 Å². The molecule has 0 heterocycles. The van der Waals surface area contributed by atoms with Crippen molar-refractivity contribution in [3.8, 4) is 5.75 Å². The summed E-state index contributed by atoms with van der Waals surface area (Å²) in [7, 11) is 1.62. The molecule has 3 aromatic carbocycles. The van der Waals surface area contributed by atoms with Crippen LogP contribution in [-0.4, -0.2) is 12.2 Å². The average Bonchev–Trinajstić information content (AvgIpc) is 2.55. The van der Waals surface area contributed by atoms with E-state index in [1.165, 1.54) is 0 Å². The summed E-state index contributed by atoms with van der Waals surface area (Å²) in [5.74, 6) is 0.692. The second kappa shape index (κ2) is 5.88. The number of fused-ring (bicyclic) bond motifs is 1. The van der Waals surface area contributed by atoms with E-state index < -0.39 is 6.10 Å². The molecule has 0 aliphatic rings. The Kier molecular flexibility index (Phi) is 3.95. The largest absolute Gasteiger partial charge is 0.496 e. The maximum atomic E-state index is 10.8. The third-order valence-electron chi connectivity index (χ3n) is 3.63. The van der Waals surface area contributed by atoms with Crippen LogP contribution in [0.1, 0.15) is 17.2 Å². The number of aliphatic hydroxyl groups excluding tert-OH is 1. The molecule has 0 saturated heterocycles. The molecular weight excluding hydrogens is 328 g/mol. The number of benzene rings is 3. The fraction of sp³-hybridized carbons (Fsp3) is 0.111. The van der Waals surface area contributed by atoms with Gasteiger partial charge in [0, 0.05) is 10.0 Å². The van der Waals surface area contributed by atoms with E-state index in [9.17, 15) is 5.11 Å². The Bertz CT molecular complexity index is 783. The number of para-hydroxylation sites is 1. The van der Waals surface area contributed by atoms with E-state index in [0.29, 0.717) is 5.75 Å². The fourth-order valence-corrected chi connectivity index (χ4v) is 3.06. The first-order valence-electron chi connectivity index (χ1n) is 6.70. The van der Waals surface area contributed by atoms with Crippen molar-refractivity contribution < 1.29 is 9.84 Å². The van der Waals surface area contributed by atoms with E-state index in [4.69, 9.17) is 4.74 Å². The summed E-state index contributed by atoms with van der Waals surface area (Å²) < 4.78 is 6.38. The second-order valence-electron chi connectivity index (χ2n) is 4.83. The first kappa shape index (κ1) is 14.1. The normalized spacial score (nSPS) is 12.3. The van der Waals surface area contributed by atoms with Crippen molar-refractivity contribution in [3.05, 3.63) is 76.3 Å². The zero-order valence-electron chi connectivity index (χ0n) is 11.6. The van der Waals surface area contributed by atoms with Gasteiger partial charge in [-0.3, -0.25) is 0 Å². The van der Waals surface area contributed by atoms with Gasteiger partial charge in [0.1, 0.15) is 11.9 Å². The van der Waals surface area contributed by atoms with Crippen molar-refractivity contribution in [1.82, 2.24) is 0 Å². The highest BCUT2D eigenvalue weighted by Crippen LogP contribution is 2.35. The van der Waals surface area contributed by atoms with Gasteiger partial charge in [0.15, 0.2) is 0 Å². The van der Waals surface area contributed by atoms with Gasteiger partial charge >= 0.3 is 0 Å². The molecule has 21 heavy (non-hydrogen) atoms. The van der Waals surface area contributed by atoms with E-state index in [-0.39, 0.29) is 0 Å². The smallest absolute Gasteiger partial charge is 0.125 e. The zero-order chi connectivity index (χ0) is 14.8. The summed E-state index contributed by atoms with van der Waals surface area (Å²) in [6.45, 7) is 0. The van der Waals surface area contributed by atoms with Gasteiger partial charge in [-0.05, 0) is 28.5 Å². The molecule has 2 nitrogen and oxygen atoms in total. The minimum atomic E-state index is -0.723. The van der Waals surface area contributed by atoms with Crippen molar-refractivity contribution in [2.24, 2.45) is 0 Å². The first-order valence-corrected chi connectivity index (χ1v) is 7.50. The van der Waals surface area contributed by atoms with Crippen LogP contribution in [0.3, 0.4) is 0 Å². The summed E-state index contributed by atoms with van der Waals surface area (Å²) in [6, 6.07) is 19.5. The molecule has 1 atom stereocenters. The van der Waals surface area contributed by atoms with Crippen LogP contribution >= 0.6 is 15.9 Å². The molecule has 0 aliphatic heterocycles. The highest BCUT2D eigenvalue weighted by atomic mass is 79.9. The zero-order valence-corrected chi connectivity index (χ0v) is 13.2. The van der Waals surface area contributed by atoms with Gasteiger partial charge in [-0.2, -0.15) is 0 Å². The van der Waals surface area contributed by atoms with Gasteiger partial charge < -0.3 is 9.84 Å². The molecule has 0 bridgehead atoms. The molecule has 1 unspecified atom stereocenters. The molecule has 3 heteroatoms. The first-order chi connectivity index (χ1) is 10.2. The number of hydrogen-bond donors (Lipinski definition) is 1. The number of halogens is 1. The van der Waals surface area contributed by atoms with Gasteiger partial charge in [0.05, 0.1) is 7.11 Å². The summed E-state index contributed by atoms with van der Waals surface area (Å²) >= 11 is 3.56. The maximum Gasteiger partial charge on any atom is 0.125 e. The molecule has 0 amide bonds. The van der Waals surface area contributed by atoms with E-state index in [0.717, 1.165) is 26.4 Å². The van der Waals surface area contributed by atoms with Gasteiger partial charge in [-0.1, -0.05) is 64.5 Å². The molecule has 1 N–H and O–H groups in total. The fourth-order valence-electron chi connectivity index (χ4n) is 2.58. The van der Waals surface area contributed by atoms with Gasteiger partial charge in [0.25, 0.3) is 0 Å². The molecule has 0 fully saturated rings. The molecule has 0 radical (unpaired) electrons. The van der Waals surface area contributed by atoms with E-state index >= 15 is 0 Å². The predicted octanol–water partition coefficient (Wildman–Crippen LogP) is 4.69. The SMILES string of the molecule is COc1ccccc1C(O)c1ccc(Br)c2ccccc12. The Morgan fingerprint density at radius 2 is 1.52 bits per heavy atom. The van der Waals surface area contributed by atoms with Crippen LogP contribution in [0.15, 0.2) is 65.1 Å². The van der Waals surface area contributed by atoms with Crippen LogP contribution in [-0.2, 0) is 0 Å². The number of hydrogen-bond acceptors (Lipinski definition) is 2. The summed E-state index contributed by atoms with van der Waals surface area (Å²) in [5.41, 5.74) is 1.64. The number of rotatable bonds is 3. The Balaban J connectivity index is 2.18. The summed E-state index contributed by atoms with van der Waals surface area (Å²) in [5, 5.41) is 12.9. The standard InChI is InChI=1S/C18H15BrO2/c1-21-17-9-5-4-8-15(17)18(20)14-10-11-16(19)13-7-3-2-6-12(13)14/h2-11,18,20H,1H3. The molecule has 106 valence electrons. The second-order valence-corrected chi connectivity index (χ2v) is 5.68. The van der Waals surface area contributed by atoms with Crippen LogP contribution in [0.4, 0.5) is 0 Å². The molecule has 3 rings (SSSR count). The Labute approximate surface area is 132 Å². The van der Waals surface area contributed by atoms with Crippen molar-refractivity contribution >= 4 is 26.7 Å². The molecule has 0 aromatic heterocycles. The quantitative estimate of drug-likeness (QED) is 0.747. The lowest BCUT2D eigenvalue weighted by Crippen LogP contribution is -2.03. The minimum absolute atomic E-state index is 0.692. The van der Waals surface area contributed by atoms with Gasteiger partial charge in [0.2, 0.25) is 0 Å². The molecule has 3 aromatic rings. The monoisotopic (exact) mass is 342 g/mol. The lowest BCUT2D eigenvalue weighted by Gasteiger charge is -2.17. The Morgan fingerprint density at radius 3 is 2.29 bits per heavy atom. The third kappa shape index (κ3) is 2.55. The molecular formula is C18H15BrO2. The number of ether oxygens (including phenoxy) is 1. The lowest BCUT2D eigenvalue weighted by atomic mass is 9.95. The van der Waals surface area contributed by atoms with Crippen LogP contribution in [0, 0.1) is 0 Å². The summed E-state index contributed by atoms with van der Waals surface area (Å²) in [6.07, 6.45) is -0.723. The van der Waals surface area contributed by atoms with Crippen molar-refractivity contribution in [2.75, 3.05) is 7.11 Å². The van der Waals surface area contributed by atoms with Crippen LogP contribution in [0.5, 0.6) is 5.75 Å². The summed E-state index contributed by atoms with van der Waals surface area (Å²) in [4.78, 5) is 0. The lowest BCUT2D eigenvalue weighted by molar-refractivity contribution is 0.216. The number of methoxy groups -OCH3 is 1. The van der Waals surface area contributed by atoms with E-state index in [1.807, 2.05) is 60.7 Å². The highest BCUT2D eigenvalue weighted by Gasteiger charge is 2.17. The topological polar surface area (TPSA) is 29.5 Å². The highest BCUT2D eigenvalue weighted by molar-refractivity contribution is 9.10. The van der Waals surface area contributed by atoms with Crippen molar-refractivity contribution in [2.45, 2.75) is 6.10 Å². The van der Waals surface area contributed by atoms with Crippen LogP contribution in [0.2, 0.25) is 0 Å². The van der Waals surface area contributed by atoms with Gasteiger partial charge in [-0.25, -0.2) is 0 Å². The molecule has 0 spiro atoms. The van der Waals surface area contributed by atoms with Crippen LogP contribution < -0.4 is 4.74 Å². The maximum absolute atomic E-state index is 10.8. The molecule has 0 saturated carbocycles. The van der Waals surface area contributed by atoms with Crippen molar-refractivity contribution in [1.29, 1.82) is 0 Å². The Hall–Kier alpha value is -1.84. The molecule has 0 aliphatic carbocycles. The number of aliphatic hydroxyl groups is 1. The van der Waals surface area contributed by atoms with E-state index in [2.05, 4.69) is 15.9 Å². The Morgan fingerprint density at radius 1 is 0.857 bits per heavy atom. The van der Waals surface area contributed by atoms with Crippen molar-refractivity contribution in [3.63, 3.8) is 0 Å². The van der Waals surface area contributed by atoms with Gasteiger partial charge in [-0.15, -0.1) is 0 Å². The third-order valence-corrected chi connectivity index (χ3v) is 4.32.